The van der Waals surface area contributed by atoms with Crippen LogP contribution in [-0.4, -0.2) is 16.9 Å². The zero-order valence-electron chi connectivity index (χ0n) is 13.0. The molecule has 24 heavy (non-hydrogen) atoms. The number of anilines is 1. The van der Waals surface area contributed by atoms with Gasteiger partial charge in [0.1, 0.15) is 15.6 Å². The first-order chi connectivity index (χ1) is 11.5. The number of nitrogens with zero attached hydrogens (tertiary/aromatic N) is 1. The number of carbonyl (C=O) groups excluding carboxylic acids is 2. The Labute approximate surface area is 146 Å². The molecule has 5 nitrogen and oxygen atoms in total. The maximum absolute atomic E-state index is 12.4. The number of ether oxygens (including phenoxy) is 1. The predicted octanol–water partition coefficient (Wildman–Crippen LogP) is 4.36. The molecule has 0 aliphatic rings. The second-order valence-corrected chi connectivity index (χ2v) is 6.82. The normalized spacial score (nSPS) is 10.4. The quantitative estimate of drug-likeness (QED) is 0.556. The maximum atomic E-state index is 12.4. The van der Waals surface area contributed by atoms with E-state index in [1.54, 1.807) is 42.5 Å². The van der Waals surface area contributed by atoms with Gasteiger partial charge in [0, 0.05) is 23.6 Å². The van der Waals surface area contributed by atoms with Gasteiger partial charge in [-0.3, -0.25) is 4.79 Å². The second-order valence-electron chi connectivity index (χ2n) is 5.04. The first-order valence-electron chi connectivity index (χ1n) is 7.13. The summed E-state index contributed by atoms with van der Waals surface area (Å²) >= 11 is 2.91. The van der Waals surface area contributed by atoms with E-state index in [1.807, 2.05) is 16.8 Å². The summed E-state index contributed by atoms with van der Waals surface area (Å²) in [6.07, 6.45) is 0. The van der Waals surface area contributed by atoms with Gasteiger partial charge in [0.15, 0.2) is 0 Å². The molecule has 0 bridgehead atoms. The Kier molecular flexibility index (Phi) is 4.73. The average molecular weight is 358 g/mol. The van der Waals surface area contributed by atoms with Gasteiger partial charge in [-0.05, 0) is 42.6 Å². The van der Waals surface area contributed by atoms with Crippen LogP contribution in [0.5, 0.6) is 5.75 Å². The first-order valence-corrected chi connectivity index (χ1v) is 8.88. The third kappa shape index (κ3) is 3.69. The number of carbonyl (C=O) groups is 2. The molecule has 7 heteroatoms. The molecule has 1 N–H and O–H groups in total. The molecule has 3 rings (SSSR count). The number of aromatic nitrogens is 1. The van der Waals surface area contributed by atoms with Crippen molar-refractivity contribution in [2.45, 2.75) is 13.8 Å². The van der Waals surface area contributed by atoms with E-state index in [2.05, 4.69) is 10.3 Å². The van der Waals surface area contributed by atoms with E-state index in [0.717, 1.165) is 10.6 Å². The number of rotatable bonds is 4. The molecule has 1 aromatic carbocycles. The molecule has 0 fully saturated rings. The van der Waals surface area contributed by atoms with Crippen LogP contribution in [0.15, 0.2) is 41.1 Å². The van der Waals surface area contributed by atoms with E-state index >= 15 is 0 Å². The van der Waals surface area contributed by atoms with E-state index in [-0.39, 0.29) is 5.91 Å². The summed E-state index contributed by atoms with van der Waals surface area (Å²) < 4.78 is 5.39. The summed E-state index contributed by atoms with van der Waals surface area (Å²) in [5.74, 6) is -0.168. The Balaban J connectivity index is 1.74. The minimum absolute atomic E-state index is 0.152. The van der Waals surface area contributed by atoms with Gasteiger partial charge in [-0.15, -0.1) is 11.3 Å². The largest absolute Gasteiger partial charge is 0.422 e. The van der Waals surface area contributed by atoms with Crippen molar-refractivity contribution in [3.63, 3.8) is 0 Å². The van der Waals surface area contributed by atoms with Gasteiger partial charge < -0.3 is 10.1 Å². The SMILES string of the molecule is CC(=O)Nc1ccc(OC(=O)c2sc(-c3ccsc3)nc2C)cc1. The number of thiophene rings is 1. The lowest BCUT2D eigenvalue weighted by molar-refractivity contribution is -0.114. The molecular weight excluding hydrogens is 344 g/mol. The van der Waals surface area contributed by atoms with E-state index in [1.165, 1.54) is 18.3 Å². The second kappa shape index (κ2) is 6.94. The van der Waals surface area contributed by atoms with Crippen molar-refractivity contribution in [1.29, 1.82) is 0 Å². The average Bonchev–Trinajstić information content (AvgIpc) is 3.18. The Hall–Kier alpha value is -2.51. The highest BCUT2D eigenvalue weighted by molar-refractivity contribution is 7.17. The number of amides is 1. The van der Waals surface area contributed by atoms with Crippen LogP contribution < -0.4 is 10.1 Å². The number of thiazole rings is 1. The van der Waals surface area contributed by atoms with E-state index in [4.69, 9.17) is 4.74 Å². The summed E-state index contributed by atoms with van der Waals surface area (Å²) in [6.45, 7) is 3.23. The smallest absolute Gasteiger partial charge is 0.355 e. The fraction of sp³-hybridized carbons (Fsp3) is 0.118. The summed E-state index contributed by atoms with van der Waals surface area (Å²) in [4.78, 5) is 28.3. The van der Waals surface area contributed by atoms with Gasteiger partial charge in [0.05, 0.1) is 5.69 Å². The van der Waals surface area contributed by atoms with Crippen molar-refractivity contribution < 1.29 is 14.3 Å². The highest BCUT2D eigenvalue weighted by Gasteiger charge is 2.18. The summed E-state index contributed by atoms with van der Waals surface area (Å²) in [6, 6.07) is 8.61. The lowest BCUT2D eigenvalue weighted by atomic mass is 10.3. The van der Waals surface area contributed by atoms with Crippen molar-refractivity contribution in [2.75, 3.05) is 5.32 Å². The molecule has 0 spiro atoms. The maximum Gasteiger partial charge on any atom is 0.355 e. The van der Waals surface area contributed by atoms with Gasteiger partial charge in [-0.2, -0.15) is 11.3 Å². The van der Waals surface area contributed by atoms with Crippen LogP contribution in [-0.2, 0) is 4.79 Å². The lowest BCUT2D eigenvalue weighted by Crippen LogP contribution is -2.08. The number of esters is 1. The molecule has 1 amide bonds. The van der Waals surface area contributed by atoms with Gasteiger partial charge in [-0.1, -0.05) is 0 Å². The fourth-order valence-electron chi connectivity index (χ4n) is 2.06. The highest BCUT2D eigenvalue weighted by Crippen LogP contribution is 2.30. The molecule has 0 atom stereocenters. The third-order valence-electron chi connectivity index (χ3n) is 3.14. The van der Waals surface area contributed by atoms with Crippen LogP contribution in [0.3, 0.4) is 0 Å². The summed E-state index contributed by atoms with van der Waals surface area (Å²) in [5, 5.41) is 7.43. The Bertz CT molecular complexity index is 868. The molecule has 0 saturated carbocycles. The van der Waals surface area contributed by atoms with Crippen LogP contribution in [0.1, 0.15) is 22.3 Å². The molecule has 0 saturated heterocycles. The van der Waals surface area contributed by atoms with Crippen molar-refractivity contribution in [3.8, 4) is 16.3 Å². The standard InChI is InChI=1S/C17H14N2O3S2/c1-10-15(24-16(18-10)12-7-8-23-9-12)17(21)22-14-5-3-13(4-6-14)19-11(2)20/h3-9H,1-2H3,(H,19,20). The van der Waals surface area contributed by atoms with Crippen molar-refractivity contribution in [3.05, 3.63) is 51.7 Å². The predicted molar refractivity (Wildman–Crippen MR) is 95.9 cm³/mol. The molecule has 2 aromatic heterocycles. The topological polar surface area (TPSA) is 68.3 Å². The molecule has 0 radical (unpaired) electrons. The summed E-state index contributed by atoms with van der Waals surface area (Å²) in [5.41, 5.74) is 2.31. The number of hydrogen-bond acceptors (Lipinski definition) is 6. The number of benzene rings is 1. The third-order valence-corrected chi connectivity index (χ3v) is 5.01. The highest BCUT2D eigenvalue weighted by atomic mass is 32.1. The molecule has 0 aliphatic heterocycles. The monoisotopic (exact) mass is 358 g/mol. The van der Waals surface area contributed by atoms with Crippen LogP contribution in [0.2, 0.25) is 0 Å². The fourth-order valence-corrected chi connectivity index (χ4v) is 3.71. The van der Waals surface area contributed by atoms with Crippen LogP contribution in [0, 0.1) is 6.92 Å². The van der Waals surface area contributed by atoms with Gasteiger partial charge >= 0.3 is 5.97 Å². The minimum Gasteiger partial charge on any atom is -0.422 e. The summed E-state index contributed by atoms with van der Waals surface area (Å²) in [7, 11) is 0. The van der Waals surface area contributed by atoms with Crippen LogP contribution in [0.25, 0.3) is 10.6 Å². The van der Waals surface area contributed by atoms with Gasteiger partial charge in [0.2, 0.25) is 5.91 Å². The Morgan fingerprint density at radius 1 is 1.17 bits per heavy atom. The van der Waals surface area contributed by atoms with Gasteiger partial charge in [-0.25, -0.2) is 9.78 Å². The zero-order chi connectivity index (χ0) is 17.1. The molecule has 0 unspecified atom stereocenters. The molecular formula is C17H14N2O3S2. The molecule has 122 valence electrons. The Morgan fingerprint density at radius 2 is 1.92 bits per heavy atom. The zero-order valence-corrected chi connectivity index (χ0v) is 14.7. The van der Waals surface area contributed by atoms with E-state index in [9.17, 15) is 9.59 Å². The van der Waals surface area contributed by atoms with E-state index < -0.39 is 5.97 Å². The van der Waals surface area contributed by atoms with Crippen molar-refractivity contribution in [1.82, 2.24) is 4.98 Å². The van der Waals surface area contributed by atoms with Crippen molar-refractivity contribution in [2.24, 2.45) is 0 Å². The number of nitrogens with one attached hydrogen (secondary N) is 1. The van der Waals surface area contributed by atoms with Crippen molar-refractivity contribution >= 4 is 40.2 Å². The number of hydrogen-bond donors (Lipinski definition) is 1. The Morgan fingerprint density at radius 3 is 2.54 bits per heavy atom. The molecule has 3 aromatic rings. The molecule has 0 aliphatic carbocycles. The van der Waals surface area contributed by atoms with E-state index in [0.29, 0.717) is 22.0 Å². The number of aryl methyl sites for hydroxylation is 1. The van der Waals surface area contributed by atoms with Crippen LogP contribution >= 0.6 is 22.7 Å². The minimum atomic E-state index is -0.432. The molecule has 2 heterocycles. The lowest BCUT2D eigenvalue weighted by Gasteiger charge is -2.05. The van der Waals surface area contributed by atoms with Gasteiger partial charge in [0.25, 0.3) is 0 Å². The van der Waals surface area contributed by atoms with Crippen LogP contribution in [0.4, 0.5) is 5.69 Å². The first kappa shape index (κ1) is 16.4.